The molecule has 0 aliphatic heterocycles. The van der Waals surface area contributed by atoms with Crippen LogP contribution in [-0.2, 0) is 22.9 Å². The molecule has 1 N–H and O–H groups in total. The molecule has 0 amide bonds. The number of benzene rings is 1. The van der Waals surface area contributed by atoms with Crippen molar-refractivity contribution in [3.05, 3.63) is 59.4 Å². The molecule has 0 unspecified atom stereocenters. The Balaban J connectivity index is 1.99. The van der Waals surface area contributed by atoms with Gasteiger partial charge >= 0.3 is 0 Å². The van der Waals surface area contributed by atoms with Gasteiger partial charge in [-0.1, -0.05) is 31.5 Å². The van der Waals surface area contributed by atoms with Crippen LogP contribution in [0.5, 0.6) is 0 Å². The summed E-state index contributed by atoms with van der Waals surface area (Å²) in [5, 5.41) is 0. The number of nitrogens with zero attached hydrogens (tertiary/aromatic N) is 1. The van der Waals surface area contributed by atoms with Gasteiger partial charge in [-0.15, -0.1) is 0 Å². The van der Waals surface area contributed by atoms with E-state index >= 15 is 0 Å². The summed E-state index contributed by atoms with van der Waals surface area (Å²) >= 11 is 0. The van der Waals surface area contributed by atoms with Crippen molar-refractivity contribution >= 4 is 15.7 Å². The molecule has 1 aromatic carbocycles. The van der Waals surface area contributed by atoms with E-state index in [-0.39, 0.29) is 5.75 Å². The fourth-order valence-electron chi connectivity index (χ4n) is 2.38. The minimum absolute atomic E-state index is 0.0288. The molecule has 0 saturated heterocycles. The van der Waals surface area contributed by atoms with Gasteiger partial charge in [0.15, 0.2) is 0 Å². The number of nitrogens with one attached hydrogen (secondary N) is 1. The minimum Gasteiger partial charge on any atom is -0.283 e. The molecule has 2 aromatic rings. The van der Waals surface area contributed by atoms with Crippen molar-refractivity contribution in [3.8, 4) is 0 Å². The van der Waals surface area contributed by atoms with Crippen LogP contribution in [0.3, 0.4) is 0 Å². The summed E-state index contributed by atoms with van der Waals surface area (Å²) < 4.78 is 27.2. The summed E-state index contributed by atoms with van der Waals surface area (Å²) in [7, 11) is -3.38. The van der Waals surface area contributed by atoms with Crippen LogP contribution in [0.25, 0.3) is 0 Å². The molecule has 1 aromatic heterocycles. The number of anilines is 1. The second-order valence-electron chi connectivity index (χ2n) is 5.74. The van der Waals surface area contributed by atoms with Gasteiger partial charge in [-0.05, 0) is 49.1 Å². The molecule has 0 aliphatic rings. The third kappa shape index (κ3) is 5.67. The zero-order valence-corrected chi connectivity index (χ0v) is 14.6. The lowest BCUT2D eigenvalue weighted by Crippen LogP contribution is -2.19. The zero-order valence-electron chi connectivity index (χ0n) is 13.7. The number of hydrogen-bond donors (Lipinski definition) is 1. The van der Waals surface area contributed by atoms with Crippen LogP contribution in [-0.4, -0.2) is 19.2 Å². The van der Waals surface area contributed by atoms with Gasteiger partial charge in [0.2, 0.25) is 10.0 Å². The van der Waals surface area contributed by atoms with Crippen LogP contribution in [0.4, 0.5) is 5.69 Å². The van der Waals surface area contributed by atoms with Gasteiger partial charge in [0.25, 0.3) is 0 Å². The quantitative estimate of drug-likeness (QED) is 0.801. The first kappa shape index (κ1) is 17.5. The SMILES string of the molecule is CCCCc1ccc(NS(=O)(=O)CCc2ccccn2)c(C)c1. The third-order valence-electron chi connectivity index (χ3n) is 3.73. The molecule has 0 radical (unpaired) electrons. The van der Waals surface area contributed by atoms with E-state index in [1.165, 1.54) is 5.56 Å². The molecule has 5 heteroatoms. The molecule has 2 rings (SSSR count). The average Bonchev–Trinajstić information content (AvgIpc) is 2.54. The molecular formula is C18H24N2O2S. The van der Waals surface area contributed by atoms with Crippen molar-refractivity contribution in [2.24, 2.45) is 0 Å². The number of pyridine rings is 1. The molecule has 0 saturated carbocycles. The molecule has 0 aliphatic carbocycles. The largest absolute Gasteiger partial charge is 0.283 e. The lowest BCUT2D eigenvalue weighted by Gasteiger charge is -2.12. The minimum atomic E-state index is -3.38. The van der Waals surface area contributed by atoms with E-state index in [0.717, 1.165) is 30.5 Å². The lowest BCUT2D eigenvalue weighted by molar-refractivity contribution is 0.600. The first-order chi connectivity index (χ1) is 11.0. The fourth-order valence-corrected chi connectivity index (χ4v) is 3.52. The smallest absolute Gasteiger partial charge is 0.233 e. The van der Waals surface area contributed by atoms with E-state index in [1.807, 2.05) is 37.3 Å². The molecule has 4 nitrogen and oxygen atoms in total. The van der Waals surface area contributed by atoms with E-state index in [4.69, 9.17) is 0 Å². The predicted octanol–water partition coefficient (Wildman–Crippen LogP) is 3.72. The second-order valence-corrected chi connectivity index (χ2v) is 7.59. The highest BCUT2D eigenvalue weighted by Crippen LogP contribution is 2.19. The van der Waals surface area contributed by atoms with Crippen molar-refractivity contribution in [1.82, 2.24) is 4.98 Å². The van der Waals surface area contributed by atoms with Crippen LogP contribution in [0.15, 0.2) is 42.6 Å². The second kappa shape index (κ2) is 8.11. The van der Waals surface area contributed by atoms with E-state index < -0.39 is 10.0 Å². The molecule has 0 fully saturated rings. The topological polar surface area (TPSA) is 59.1 Å². The maximum absolute atomic E-state index is 12.2. The molecule has 0 atom stereocenters. The Kier molecular flexibility index (Phi) is 6.16. The zero-order chi connectivity index (χ0) is 16.7. The summed E-state index contributed by atoms with van der Waals surface area (Å²) in [5.41, 5.74) is 3.65. The van der Waals surface area contributed by atoms with Gasteiger partial charge in [0.1, 0.15) is 0 Å². The Morgan fingerprint density at radius 1 is 1.13 bits per heavy atom. The normalized spacial score (nSPS) is 11.4. The van der Waals surface area contributed by atoms with Crippen LogP contribution >= 0.6 is 0 Å². The molecule has 0 bridgehead atoms. The predicted molar refractivity (Wildman–Crippen MR) is 95.1 cm³/mol. The van der Waals surface area contributed by atoms with Crippen LogP contribution in [0.1, 0.15) is 36.6 Å². The van der Waals surface area contributed by atoms with Crippen LogP contribution in [0, 0.1) is 6.92 Å². The van der Waals surface area contributed by atoms with Gasteiger partial charge in [0, 0.05) is 18.3 Å². The van der Waals surface area contributed by atoms with Gasteiger partial charge in [-0.2, -0.15) is 0 Å². The lowest BCUT2D eigenvalue weighted by atomic mass is 10.1. The Morgan fingerprint density at radius 3 is 2.61 bits per heavy atom. The number of sulfonamides is 1. The Hall–Kier alpha value is -1.88. The highest BCUT2D eigenvalue weighted by atomic mass is 32.2. The Labute approximate surface area is 139 Å². The van der Waals surface area contributed by atoms with Crippen molar-refractivity contribution in [2.75, 3.05) is 10.5 Å². The maximum Gasteiger partial charge on any atom is 0.233 e. The number of rotatable bonds is 8. The first-order valence-corrected chi connectivity index (χ1v) is 9.65. The summed E-state index contributed by atoms with van der Waals surface area (Å²) in [6.07, 6.45) is 5.41. The summed E-state index contributed by atoms with van der Waals surface area (Å²) in [4.78, 5) is 4.15. The third-order valence-corrected chi connectivity index (χ3v) is 5.00. The van der Waals surface area contributed by atoms with E-state index in [0.29, 0.717) is 12.1 Å². The van der Waals surface area contributed by atoms with Crippen molar-refractivity contribution in [1.29, 1.82) is 0 Å². The average molecular weight is 332 g/mol. The van der Waals surface area contributed by atoms with E-state index in [2.05, 4.69) is 22.7 Å². The first-order valence-electron chi connectivity index (χ1n) is 8.00. The van der Waals surface area contributed by atoms with Gasteiger partial charge in [-0.25, -0.2) is 8.42 Å². The Bertz CT molecular complexity index is 728. The van der Waals surface area contributed by atoms with Crippen molar-refractivity contribution in [3.63, 3.8) is 0 Å². The van der Waals surface area contributed by atoms with Gasteiger partial charge in [-0.3, -0.25) is 9.71 Å². The van der Waals surface area contributed by atoms with Crippen LogP contribution < -0.4 is 4.72 Å². The molecule has 0 spiro atoms. The molecular weight excluding hydrogens is 308 g/mol. The van der Waals surface area contributed by atoms with Crippen molar-refractivity contribution in [2.45, 2.75) is 39.5 Å². The number of aryl methyl sites for hydroxylation is 3. The molecule has 124 valence electrons. The van der Waals surface area contributed by atoms with E-state index in [1.54, 1.807) is 6.20 Å². The molecule has 23 heavy (non-hydrogen) atoms. The standard InChI is InChI=1S/C18H24N2O2S/c1-3-4-7-16-9-10-18(15(2)14-16)20-23(21,22)13-11-17-8-5-6-12-19-17/h5-6,8-10,12,14,20H,3-4,7,11,13H2,1-2H3. The van der Waals surface area contributed by atoms with E-state index in [9.17, 15) is 8.42 Å². The maximum atomic E-state index is 12.2. The number of unbranched alkanes of at least 4 members (excludes halogenated alkanes) is 1. The summed E-state index contributed by atoms with van der Waals surface area (Å²) in [6, 6.07) is 11.4. The highest BCUT2D eigenvalue weighted by molar-refractivity contribution is 7.92. The van der Waals surface area contributed by atoms with Crippen LogP contribution in [0.2, 0.25) is 0 Å². The number of hydrogen-bond acceptors (Lipinski definition) is 3. The van der Waals surface area contributed by atoms with Gasteiger partial charge in [0.05, 0.1) is 11.4 Å². The van der Waals surface area contributed by atoms with Crippen molar-refractivity contribution < 1.29 is 8.42 Å². The Morgan fingerprint density at radius 2 is 1.96 bits per heavy atom. The molecule has 1 heterocycles. The fraction of sp³-hybridized carbons (Fsp3) is 0.389. The highest BCUT2D eigenvalue weighted by Gasteiger charge is 2.12. The summed E-state index contributed by atoms with van der Waals surface area (Å²) in [5.74, 6) is 0.0288. The monoisotopic (exact) mass is 332 g/mol. The number of aromatic nitrogens is 1. The van der Waals surface area contributed by atoms with Gasteiger partial charge < -0.3 is 0 Å². The summed E-state index contributed by atoms with van der Waals surface area (Å²) in [6.45, 7) is 4.10.